The summed E-state index contributed by atoms with van der Waals surface area (Å²) >= 11 is 0. The van der Waals surface area contributed by atoms with Crippen LogP contribution < -0.4 is 10.6 Å². The molecule has 2 aromatic heterocycles. The van der Waals surface area contributed by atoms with Crippen molar-refractivity contribution in [2.75, 3.05) is 18.4 Å². The molecule has 1 amide bonds. The summed E-state index contributed by atoms with van der Waals surface area (Å²) in [6.07, 6.45) is 7.44. The number of nitrogens with zero attached hydrogens (tertiary/aromatic N) is 5. The lowest BCUT2D eigenvalue weighted by Crippen LogP contribution is -2.32. The first-order valence-electron chi connectivity index (χ1n) is 10.4. The second-order valence-corrected chi connectivity index (χ2v) is 7.76. The van der Waals surface area contributed by atoms with Gasteiger partial charge in [0, 0.05) is 37.0 Å². The number of aryl methyl sites for hydroxylation is 1. The van der Waals surface area contributed by atoms with Gasteiger partial charge in [-0.15, -0.1) is 22.6 Å². The van der Waals surface area contributed by atoms with Crippen LogP contribution in [0.4, 0.5) is 5.69 Å². The van der Waals surface area contributed by atoms with Gasteiger partial charge in [-0.05, 0) is 62.6 Å². The molecule has 1 aromatic carbocycles. The van der Waals surface area contributed by atoms with Crippen LogP contribution in [0.25, 0.3) is 11.4 Å². The van der Waals surface area contributed by atoms with E-state index in [1.807, 2.05) is 35.1 Å². The summed E-state index contributed by atoms with van der Waals surface area (Å²) in [6.45, 7) is 2.92. The van der Waals surface area contributed by atoms with Gasteiger partial charge in [0.25, 0.3) is 5.91 Å². The lowest BCUT2D eigenvalue weighted by atomic mass is 10.1. The van der Waals surface area contributed by atoms with Crippen molar-refractivity contribution in [2.24, 2.45) is 0 Å². The number of nitrogens with one attached hydrogen (secondary N) is 2. The lowest BCUT2D eigenvalue weighted by Gasteiger charge is -2.22. The van der Waals surface area contributed by atoms with E-state index in [1.165, 1.54) is 6.42 Å². The van der Waals surface area contributed by atoms with Crippen LogP contribution in [0.2, 0.25) is 0 Å². The Bertz CT molecular complexity index is 1000. The van der Waals surface area contributed by atoms with E-state index in [9.17, 15) is 4.79 Å². The number of hydrogen-bond donors (Lipinski definition) is 2. The minimum Gasteiger partial charge on any atom is -0.321 e. The molecule has 1 fully saturated rings. The fourth-order valence-corrected chi connectivity index (χ4v) is 4.14. The Hall–Kier alpha value is -2.71. The van der Waals surface area contributed by atoms with Gasteiger partial charge in [-0.25, -0.2) is 0 Å². The van der Waals surface area contributed by atoms with E-state index >= 15 is 0 Å². The normalized spacial score (nSPS) is 18.3. The van der Waals surface area contributed by atoms with Crippen LogP contribution in [0.1, 0.15) is 48.0 Å². The lowest BCUT2D eigenvalue weighted by molar-refractivity contribution is 0.102. The molecule has 9 heteroatoms. The van der Waals surface area contributed by atoms with Crippen molar-refractivity contribution in [3.63, 3.8) is 0 Å². The molecule has 1 saturated heterocycles. The first kappa shape index (κ1) is 20.6. The van der Waals surface area contributed by atoms with Crippen LogP contribution in [0.3, 0.4) is 0 Å². The largest absolute Gasteiger partial charge is 0.321 e. The smallest absolute Gasteiger partial charge is 0.276 e. The summed E-state index contributed by atoms with van der Waals surface area (Å²) in [4.78, 5) is 12.6. The molecular formula is C21H26ClN7O. The Balaban J connectivity index is 0.00000218. The number of carbonyl (C=O) groups is 1. The molecule has 1 atom stereocenters. The SMILES string of the molecule is Cl.O=C(Nc1ccc(-c2nnc3n2CCCC3)cc1)c1ccn(C2CCCNC2)n1. The standard InChI is InChI=1S/C21H25N7O.ClH/c29-21(18-10-13-28(26-18)17-4-3-11-22-14-17)23-16-8-6-15(7-9-16)20-25-24-19-5-1-2-12-27(19)20;/h6-10,13,17,22H,1-5,11-12,14H2,(H,23,29);1H. The number of hydrogen-bond acceptors (Lipinski definition) is 5. The molecule has 0 bridgehead atoms. The van der Waals surface area contributed by atoms with Crippen molar-refractivity contribution in [1.29, 1.82) is 0 Å². The summed E-state index contributed by atoms with van der Waals surface area (Å²) < 4.78 is 4.10. The number of carbonyl (C=O) groups excluding carboxylic acids is 1. The Morgan fingerprint density at radius 3 is 2.77 bits per heavy atom. The molecule has 4 heterocycles. The molecule has 2 aliphatic heterocycles. The fourth-order valence-electron chi connectivity index (χ4n) is 4.14. The van der Waals surface area contributed by atoms with Crippen LogP contribution in [-0.2, 0) is 13.0 Å². The Morgan fingerprint density at radius 1 is 1.10 bits per heavy atom. The number of rotatable bonds is 4. The molecule has 5 rings (SSSR count). The van der Waals surface area contributed by atoms with Crippen molar-refractivity contribution < 1.29 is 4.79 Å². The van der Waals surface area contributed by atoms with Gasteiger partial charge in [-0.1, -0.05) is 0 Å². The molecule has 0 spiro atoms. The van der Waals surface area contributed by atoms with Crippen molar-refractivity contribution in [3.05, 3.63) is 48.0 Å². The van der Waals surface area contributed by atoms with Crippen LogP contribution >= 0.6 is 12.4 Å². The van der Waals surface area contributed by atoms with E-state index in [0.29, 0.717) is 11.7 Å². The minimum absolute atomic E-state index is 0. The Morgan fingerprint density at radius 2 is 1.97 bits per heavy atom. The molecule has 0 radical (unpaired) electrons. The third-order valence-corrected chi connectivity index (χ3v) is 5.75. The number of aromatic nitrogens is 5. The van der Waals surface area contributed by atoms with E-state index in [1.54, 1.807) is 6.07 Å². The molecular weight excluding hydrogens is 402 g/mol. The average Bonchev–Trinajstić information content (AvgIpc) is 3.43. The van der Waals surface area contributed by atoms with Crippen LogP contribution in [0, 0.1) is 0 Å². The highest BCUT2D eigenvalue weighted by Gasteiger charge is 2.19. The predicted octanol–water partition coefficient (Wildman–Crippen LogP) is 3.08. The maximum Gasteiger partial charge on any atom is 0.276 e. The van der Waals surface area contributed by atoms with Gasteiger partial charge in [0.05, 0.1) is 6.04 Å². The summed E-state index contributed by atoms with van der Waals surface area (Å²) in [5.74, 6) is 1.77. The van der Waals surface area contributed by atoms with Gasteiger partial charge in [-0.2, -0.15) is 5.10 Å². The van der Waals surface area contributed by atoms with E-state index in [2.05, 4.69) is 30.5 Å². The van der Waals surface area contributed by atoms with Gasteiger partial charge in [0.1, 0.15) is 5.82 Å². The molecule has 2 N–H and O–H groups in total. The van der Waals surface area contributed by atoms with Gasteiger partial charge >= 0.3 is 0 Å². The molecule has 2 aliphatic rings. The van der Waals surface area contributed by atoms with Gasteiger partial charge in [0.15, 0.2) is 11.5 Å². The summed E-state index contributed by atoms with van der Waals surface area (Å²) in [7, 11) is 0. The molecule has 30 heavy (non-hydrogen) atoms. The molecule has 158 valence electrons. The molecule has 0 saturated carbocycles. The van der Waals surface area contributed by atoms with Crippen molar-refractivity contribution in [3.8, 4) is 11.4 Å². The van der Waals surface area contributed by atoms with Crippen molar-refractivity contribution in [2.45, 2.75) is 44.7 Å². The van der Waals surface area contributed by atoms with Crippen LogP contribution in [0.15, 0.2) is 36.5 Å². The molecule has 0 aliphatic carbocycles. The summed E-state index contributed by atoms with van der Waals surface area (Å²) in [6, 6.07) is 9.86. The number of fused-ring (bicyclic) bond motifs is 1. The number of amides is 1. The van der Waals surface area contributed by atoms with E-state index in [0.717, 1.165) is 68.2 Å². The number of benzene rings is 1. The Kier molecular flexibility index (Phi) is 6.15. The second-order valence-electron chi connectivity index (χ2n) is 7.76. The minimum atomic E-state index is -0.194. The van der Waals surface area contributed by atoms with E-state index in [-0.39, 0.29) is 18.3 Å². The zero-order valence-electron chi connectivity index (χ0n) is 16.8. The van der Waals surface area contributed by atoms with Crippen LogP contribution in [0.5, 0.6) is 0 Å². The Labute approximate surface area is 181 Å². The zero-order valence-corrected chi connectivity index (χ0v) is 17.6. The fraction of sp³-hybridized carbons (Fsp3) is 0.429. The van der Waals surface area contributed by atoms with E-state index < -0.39 is 0 Å². The summed E-state index contributed by atoms with van der Waals surface area (Å²) in [5, 5.41) is 19.5. The molecule has 8 nitrogen and oxygen atoms in total. The van der Waals surface area contributed by atoms with Gasteiger partial charge in [0.2, 0.25) is 0 Å². The topological polar surface area (TPSA) is 89.7 Å². The zero-order chi connectivity index (χ0) is 19.6. The average molecular weight is 428 g/mol. The maximum atomic E-state index is 12.6. The highest BCUT2D eigenvalue weighted by molar-refractivity contribution is 6.02. The predicted molar refractivity (Wildman–Crippen MR) is 117 cm³/mol. The second kappa shape index (κ2) is 8.97. The molecule has 3 aromatic rings. The summed E-state index contributed by atoms with van der Waals surface area (Å²) in [5.41, 5.74) is 2.19. The first-order valence-corrected chi connectivity index (χ1v) is 10.4. The van der Waals surface area contributed by atoms with Crippen LogP contribution in [-0.4, -0.2) is 43.5 Å². The molecule has 1 unspecified atom stereocenters. The maximum absolute atomic E-state index is 12.6. The number of halogens is 1. The third kappa shape index (κ3) is 4.11. The monoisotopic (exact) mass is 427 g/mol. The third-order valence-electron chi connectivity index (χ3n) is 5.75. The first-order chi connectivity index (χ1) is 14.3. The van der Waals surface area contributed by atoms with Crippen molar-refractivity contribution in [1.82, 2.24) is 29.9 Å². The van der Waals surface area contributed by atoms with Crippen molar-refractivity contribution >= 4 is 24.0 Å². The van der Waals surface area contributed by atoms with Gasteiger partial charge in [-0.3, -0.25) is 9.48 Å². The number of piperidine rings is 1. The highest BCUT2D eigenvalue weighted by Crippen LogP contribution is 2.24. The van der Waals surface area contributed by atoms with E-state index in [4.69, 9.17) is 0 Å². The quantitative estimate of drug-likeness (QED) is 0.667. The number of anilines is 1. The highest BCUT2D eigenvalue weighted by atomic mass is 35.5. The van der Waals surface area contributed by atoms with Gasteiger partial charge < -0.3 is 15.2 Å².